The number of hydrogen-bond donors (Lipinski definition) is 0. The summed E-state index contributed by atoms with van der Waals surface area (Å²) in [5.74, 6) is 0. The van der Waals surface area contributed by atoms with Crippen molar-refractivity contribution in [1.82, 2.24) is 4.98 Å². The molecule has 1 nitrogen and oxygen atoms in total. The van der Waals surface area contributed by atoms with Crippen LogP contribution in [0.15, 0.2) is 12.3 Å². The summed E-state index contributed by atoms with van der Waals surface area (Å²) in [6, 6.07) is 2.03. The molecule has 1 heterocycles. The Hall–Kier alpha value is 0.477. The Labute approximate surface area is 97.2 Å². The first kappa shape index (κ1) is 14.0. The molecule has 1 aromatic rings. The molecule has 0 fully saturated rings. The summed E-state index contributed by atoms with van der Waals surface area (Å²) < 4.78 is 0. The smallest absolute Gasteiger partial charge is 1.00 e. The van der Waals surface area contributed by atoms with Gasteiger partial charge < -0.3 is 24.0 Å². The molecule has 0 radical (unpaired) electrons. The third-order valence-corrected chi connectivity index (χ3v) is 1.73. The number of aryl methyl sites for hydroxylation is 2. The SMILES string of the molecule is Cc1ccnc(C)c1C.[I-].[Li+]. The van der Waals surface area contributed by atoms with Crippen molar-refractivity contribution in [3.05, 3.63) is 29.1 Å². The second-order valence-corrected chi connectivity index (χ2v) is 2.34. The summed E-state index contributed by atoms with van der Waals surface area (Å²) in [5, 5.41) is 0. The van der Waals surface area contributed by atoms with Crippen LogP contribution in [0.2, 0.25) is 0 Å². The first-order valence-corrected chi connectivity index (χ1v) is 3.10. The van der Waals surface area contributed by atoms with Gasteiger partial charge >= 0.3 is 18.9 Å². The van der Waals surface area contributed by atoms with E-state index in [4.69, 9.17) is 0 Å². The van der Waals surface area contributed by atoms with Crippen molar-refractivity contribution >= 4 is 0 Å². The minimum atomic E-state index is 0. The number of hydrogen-bond acceptors (Lipinski definition) is 1. The molecular formula is C8H11ILiN. The average molecular weight is 255 g/mol. The van der Waals surface area contributed by atoms with Crippen LogP contribution in [0.3, 0.4) is 0 Å². The molecule has 0 N–H and O–H groups in total. The van der Waals surface area contributed by atoms with Crippen LogP contribution in [0.4, 0.5) is 0 Å². The van der Waals surface area contributed by atoms with E-state index in [0.717, 1.165) is 5.69 Å². The van der Waals surface area contributed by atoms with Crippen LogP contribution in [0.5, 0.6) is 0 Å². The maximum Gasteiger partial charge on any atom is 1.00 e. The monoisotopic (exact) mass is 255 g/mol. The van der Waals surface area contributed by atoms with Crippen molar-refractivity contribution in [3.8, 4) is 0 Å². The number of aromatic nitrogens is 1. The fourth-order valence-electron chi connectivity index (χ4n) is 0.768. The van der Waals surface area contributed by atoms with Crippen molar-refractivity contribution in [2.75, 3.05) is 0 Å². The van der Waals surface area contributed by atoms with Crippen molar-refractivity contribution in [2.45, 2.75) is 20.8 Å². The first-order chi connectivity index (χ1) is 4.22. The normalized spacial score (nSPS) is 7.91. The van der Waals surface area contributed by atoms with Gasteiger partial charge in [-0.25, -0.2) is 0 Å². The molecule has 56 valence electrons. The largest absolute Gasteiger partial charge is 1.00 e. The molecule has 0 aliphatic rings. The summed E-state index contributed by atoms with van der Waals surface area (Å²) in [7, 11) is 0. The molecule has 0 atom stereocenters. The maximum atomic E-state index is 4.14. The van der Waals surface area contributed by atoms with Gasteiger partial charge in [0.2, 0.25) is 0 Å². The number of halogens is 1. The van der Waals surface area contributed by atoms with E-state index in [1.165, 1.54) is 11.1 Å². The van der Waals surface area contributed by atoms with E-state index in [1.807, 2.05) is 19.2 Å². The van der Waals surface area contributed by atoms with Crippen LogP contribution in [0.1, 0.15) is 16.8 Å². The molecule has 0 amide bonds. The predicted octanol–water partition coefficient (Wildman–Crippen LogP) is -3.99. The number of rotatable bonds is 0. The Morgan fingerprint density at radius 1 is 1.18 bits per heavy atom. The van der Waals surface area contributed by atoms with Crippen molar-refractivity contribution < 1.29 is 42.8 Å². The van der Waals surface area contributed by atoms with Gasteiger partial charge in [0.15, 0.2) is 0 Å². The van der Waals surface area contributed by atoms with E-state index in [-0.39, 0.29) is 42.8 Å². The molecule has 0 saturated carbocycles. The van der Waals surface area contributed by atoms with E-state index in [2.05, 4.69) is 18.8 Å². The number of nitrogens with zero attached hydrogens (tertiary/aromatic N) is 1. The van der Waals surface area contributed by atoms with Gasteiger partial charge in [0.25, 0.3) is 0 Å². The van der Waals surface area contributed by atoms with Gasteiger partial charge in [0.05, 0.1) is 0 Å². The second-order valence-electron chi connectivity index (χ2n) is 2.34. The van der Waals surface area contributed by atoms with Gasteiger partial charge in [-0.3, -0.25) is 4.98 Å². The third kappa shape index (κ3) is 3.59. The second kappa shape index (κ2) is 6.04. The van der Waals surface area contributed by atoms with Crippen LogP contribution >= 0.6 is 0 Å². The topological polar surface area (TPSA) is 12.9 Å². The molecule has 0 saturated heterocycles. The van der Waals surface area contributed by atoms with Crippen LogP contribution < -0.4 is 42.8 Å². The molecular weight excluding hydrogens is 244 g/mol. The molecule has 0 unspecified atom stereocenters. The quantitative estimate of drug-likeness (QED) is 0.340. The summed E-state index contributed by atoms with van der Waals surface area (Å²) >= 11 is 0. The van der Waals surface area contributed by atoms with Crippen molar-refractivity contribution in [2.24, 2.45) is 0 Å². The molecule has 0 aromatic carbocycles. The summed E-state index contributed by atoms with van der Waals surface area (Å²) in [6.07, 6.45) is 1.84. The molecule has 0 aliphatic carbocycles. The fraction of sp³-hybridized carbons (Fsp3) is 0.375. The third-order valence-electron chi connectivity index (χ3n) is 1.73. The van der Waals surface area contributed by atoms with Crippen LogP contribution in [-0.2, 0) is 0 Å². The number of pyridine rings is 1. The van der Waals surface area contributed by atoms with Crippen molar-refractivity contribution in [1.29, 1.82) is 0 Å². The zero-order chi connectivity index (χ0) is 6.85. The Morgan fingerprint density at radius 3 is 2.09 bits per heavy atom. The Morgan fingerprint density at radius 2 is 1.73 bits per heavy atom. The minimum Gasteiger partial charge on any atom is -1.00 e. The predicted molar refractivity (Wildman–Crippen MR) is 38.4 cm³/mol. The van der Waals surface area contributed by atoms with Gasteiger partial charge in [-0.1, -0.05) is 0 Å². The summed E-state index contributed by atoms with van der Waals surface area (Å²) in [6.45, 7) is 6.23. The molecule has 3 heteroatoms. The zero-order valence-corrected chi connectivity index (χ0v) is 9.64. The van der Waals surface area contributed by atoms with Gasteiger partial charge in [0.1, 0.15) is 0 Å². The Balaban J connectivity index is 0. The van der Waals surface area contributed by atoms with Gasteiger partial charge in [-0.15, -0.1) is 0 Å². The summed E-state index contributed by atoms with van der Waals surface area (Å²) in [5.41, 5.74) is 3.76. The fourth-order valence-corrected chi connectivity index (χ4v) is 0.768. The van der Waals surface area contributed by atoms with Gasteiger partial charge in [0, 0.05) is 11.9 Å². The maximum absolute atomic E-state index is 4.14. The average Bonchev–Trinajstić information content (AvgIpc) is 1.83. The molecule has 0 bridgehead atoms. The standard InChI is InChI=1S/C8H11N.HI.Li/c1-6-4-5-9-8(3)7(6)2;;/h4-5H,1-3H3;1H;/q;;+1/p-1. The van der Waals surface area contributed by atoms with E-state index in [1.54, 1.807) is 0 Å². The summed E-state index contributed by atoms with van der Waals surface area (Å²) in [4.78, 5) is 4.14. The molecule has 0 aliphatic heterocycles. The van der Waals surface area contributed by atoms with Crippen LogP contribution in [0, 0.1) is 20.8 Å². The van der Waals surface area contributed by atoms with Gasteiger partial charge in [-0.05, 0) is 38.0 Å². The Bertz CT molecular complexity index is 205. The van der Waals surface area contributed by atoms with E-state index in [9.17, 15) is 0 Å². The van der Waals surface area contributed by atoms with E-state index < -0.39 is 0 Å². The van der Waals surface area contributed by atoms with Gasteiger partial charge in [-0.2, -0.15) is 0 Å². The minimum absolute atomic E-state index is 0. The first-order valence-electron chi connectivity index (χ1n) is 3.10. The molecule has 1 rings (SSSR count). The van der Waals surface area contributed by atoms with E-state index in [0.29, 0.717) is 0 Å². The molecule has 1 aromatic heterocycles. The molecule has 0 spiro atoms. The molecule has 11 heavy (non-hydrogen) atoms. The van der Waals surface area contributed by atoms with Crippen LogP contribution in [0.25, 0.3) is 0 Å². The van der Waals surface area contributed by atoms with E-state index >= 15 is 0 Å². The van der Waals surface area contributed by atoms with Crippen molar-refractivity contribution in [3.63, 3.8) is 0 Å². The Kier molecular flexibility index (Phi) is 7.71. The zero-order valence-electron chi connectivity index (χ0n) is 7.48. The van der Waals surface area contributed by atoms with Crippen LogP contribution in [-0.4, -0.2) is 4.98 Å².